The average molecular weight is 365 g/mol. The maximum atomic E-state index is 12.4. The minimum Gasteiger partial charge on any atom is -0.396 e. The van der Waals surface area contributed by atoms with E-state index in [4.69, 9.17) is 9.84 Å². The van der Waals surface area contributed by atoms with Gasteiger partial charge in [-0.05, 0) is 49.9 Å². The lowest BCUT2D eigenvalue weighted by atomic mass is 10.0. The van der Waals surface area contributed by atoms with Gasteiger partial charge < -0.3 is 20.1 Å². The van der Waals surface area contributed by atoms with E-state index in [1.54, 1.807) is 11.8 Å². The van der Waals surface area contributed by atoms with Gasteiger partial charge in [-0.25, -0.2) is 0 Å². The standard InChI is InChI=1S/C19H28N2O3S/c22-11-13-25-18-5-3-15(4-6-18)19(23)20-16-7-9-21(10-8-16)14-17-2-1-12-24-17/h3-6,16-17,22H,1-2,7-14H2,(H,20,23)/t17-/m1/s1. The number of hydrogen-bond acceptors (Lipinski definition) is 5. The van der Waals surface area contributed by atoms with E-state index in [1.807, 2.05) is 24.3 Å². The van der Waals surface area contributed by atoms with Gasteiger partial charge in [-0.15, -0.1) is 11.8 Å². The number of carbonyl (C=O) groups excluding carboxylic acids is 1. The Morgan fingerprint density at radius 3 is 2.64 bits per heavy atom. The number of aliphatic hydroxyl groups is 1. The van der Waals surface area contributed by atoms with Gasteiger partial charge in [0, 0.05) is 48.5 Å². The van der Waals surface area contributed by atoms with Crippen molar-refractivity contribution in [2.45, 2.75) is 42.7 Å². The molecule has 0 radical (unpaired) electrons. The molecule has 2 aliphatic rings. The normalized spacial score (nSPS) is 22.2. The Morgan fingerprint density at radius 2 is 2.00 bits per heavy atom. The van der Waals surface area contributed by atoms with E-state index < -0.39 is 0 Å². The number of amides is 1. The molecule has 1 aromatic carbocycles. The van der Waals surface area contributed by atoms with E-state index in [1.165, 1.54) is 12.8 Å². The van der Waals surface area contributed by atoms with Gasteiger partial charge in [0.2, 0.25) is 0 Å². The third-order valence-electron chi connectivity index (χ3n) is 4.89. The fourth-order valence-corrected chi connectivity index (χ4v) is 4.13. The van der Waals surface area contributed by atoms with Crippen LogP contribution in [0.25, 0.3) is 0 Å². The SMILES string of the molecule is O=C(NC1CCN(C[C@H]2CCCO2)CC1)c1ccc(SCCO)cc1. The first-order chi connectivity index (χ1) is 12.2. The zero-order chi connectivity index (χ0) is 17.5. The molecule has 25 heavy (non-hydrogen) atoms. The molecule has 3 rings (SSSR count). The molecule has 1 amide bonds. The molecule has 2 fully saturated rings. The fraction of sp³-hybridized carbons (Fsp3) is 0.632. The Labute approximate surface area is 154 Å². The lowest BCUT2D eigenvalue weighted by molar-refractivity contribution is 0.0613. The largest absolute Gasteiger partial charge is 0.396 e. The van der Waals surface area contributed by atoms with Crippen LogP contribution in [-0.4, -0.2) is 66.7 Å². The summed E-state index contributed by atoms with van der Waals surface area (Å²) in [5.41, 5.74) is 0.704. The van der Waals surface area contributed by atoms with E-state index in [2.05, 4.69) is 10.2 Å². The molecule has 138 valence electrons. The highest BCUT2D eigenvalue weighted by atomic mass is 32.2. The van der Waals surface area contributed by atoms with Crippen molar-refractivity contribution in [3.63, 3.8) is 0 Å². The first-order valence-corrected chi connectivity index (χ1v) is 10.2. The number of ether oxygens (including phenoxy) is 1. The van der Waals surface area contributed by atoms with Crippen LogP contribution in [-0.2, 0) is 4.74 Å². The monoisotopic (exact) mass is 364 g/mol. The molecule has 0 bridgehead atoms. The summed E-state index contributed by atoms with van der Waals surface area (Å²) in [5, 5.41) is 12.0. The summed E-state index contributed by atoms with van der Waals surface area (Å²) in [6, 6.07) is 7.87. The predicted octanol–water partition coefficient (Wildman–Crippen LogP) is 2.14. The minimum absolute atomic E-state index is 0.0104. The smallest absolute Gasteiger partial charge is 0.251 e. The van der Waals surface area contributed by atoms with E-state index in [-0.39, 0.29) is 18.6 Å². The number of piperidine rings is 1. The summed E-state index contributed by atoms with van der Waals surface area (Å²) in [5.74, 6) is 0.687. The molecule has 0 saturated carbocycles. The number of rotatable bonds is 7. The number of thioether (sulfide) groups is 1. The molecule has 1 aromatic rings. The summed E-state index contributed by atoms with van der Waals surface area (Å²) >= 11 is 1.59. The number of nitrogens with one attached hydrogen (secondary N) is 1. The second-order valence-electron chi connectivity index (χ2n) is 6.78. The topological polar surface area (TPSA) is 61.8 Å². The Morgan fingerprint density at radius 1 is 1.24 bits per heavy atom. The van der Waals surface area contributed by atoms with Gasteiger partial charge in [0.05, 0.1) is 12.7 Å². The van der Waals surface area contributed by atoms with Crippen molar-refractivity contribution in [2.75, 3.05) is 38.6 Å². The van der Waals surface area contributed by atoms with E-state index in [9.17, 15) is 4.79 Å². The molecule has 1 atom stereocenters. The van der Waals surface area contributed by atoms with Gasteiger partial charge in [-0.2, -0.15) is 0 Å². The zero-order valence-electron chi connectivity index (χ0n) is 14.7. The number of carbonyl (C=O) groups is 1. The minimum atomic E-state index is 0.0104. The third-order valence-corrected chi connectivity index (χ3v) is 5.88. The van der Waals surface area contributed by atoms with Crippen molar-refractivity contribution in [3.8, 4) is 0 Å². The van der Waals surface area contributed by atoms with Crippen molar-refractivity contribution in [3.05, 3.63) is 29.8 Å². The molecule has 5 nitrogen and oxygen atoms in total. The van der Waals surface area contributed by atoms with Crippen molar-refractivity contribution >= 4 is 17.7 Å². The van der Waals surface area contributed by atoms with Crippen LogP contribution in [0.3, 0.4) is 0 Å². The summed E-state index contributed by atoms with van der Waals surface area (Å²) in [6.45, 7) is 4.17. The number of nitrogens with zero attached hydrogens (tertiary/aromatic N) is 1. The molecule has 2 saturated heterocycles. The van der Waals surface area contributed by atoms with Crippen LogP contribution in [0.4, 0.5) is 0 Å². The lowest BCUT2D eigenvalue weighted by Crippen LogP contribution is -2.46. The highest BCUT2D eigenvalue weighted by molar-refractivity contribution is 7.99. The molecule has 2 aliphatic heterocycles. The van der Waals surface area contributed by atoms with Crippen LogP contribution >= 0.6 is 11.8 Å². The molecule has 6 heteroatoms. The van der Waals surface area contributed by atoms with Crippen molar-refractivity contribution in [1.29, 1.82) is 0 Å². The third kappa shape index (κ3) is 5.71. The molecule has 2 N–H and O–H groups in total. The quantitative estimate of drug-likeness (QED) is 0.726. The summed E-state index contributed by atoms with van der Waals surface area (Å²) in [6.07, 6.45) is 4.79. The first kappa shape index (κ1) is 18.7. The molecule has 2 heterocycles. The second-order valence-corrected chi connectivity index (χ2v) is 7.95. The lowest BCUT2D eigenvalue weighted by Gasteiger charge is -2.33. The summed E-state index contributed by atoms with van der Waals surface area (Å²) in [7, 11) is 0. The highest BCUT2D eigenvalue weighted by Gasteiger charge is 2.24. The van der Waals surface area contributed by atoms with E-state index in [0.717, 1.165) is 44.0 Å². The van der Waals surface area contributed by atoms with Gasteiger partial charge in [0.15, 0.2) is 0 Å². The Balaban J connectivity index is 1.41. The average Bonchev–Trinajstić information content (AvgIpc) is 3.15. The number of likely N-dealkylation sites (tertiary alicyclic amines) is 1. The number of benzene rings is 1. The predicted molar refractivity (Wildman–Crippen MR) is 100 cm³/mol. The molecular weight excluding hydrogens is 336 g/mol. The molecule has 0 unspecified atom stereocenters. The van der Waals surface area contributed by atoms with Crippen LogP contribution in [0.2, 0.25) is 0 Å². The van der Waals surface area contributed by atoms with Crippen LogP contribution in [0.5, 0.6) is 0 Å². The van der Waals surface area contributed by atoms with Crippen LogP contribution in [0.1, 0.15) is 36.0 Å². The zero-order valence-corrected chi connectivity index (χ0v) is 15.5. The van der Waals surface area contributed by atoms with Gasteiger partial charge >= 0.3 is 0 Å². The van der Waals surface area contributed by atoms with Crippen LogP contribution in [0.15, 0.2) is 29.2 Å². The van der Waals surface area contributed by atoms with Gasteiger partial charge in [0.25, 0.3) is 5.91 Å². The van der Waals surface area contributed by atoms with Crippen molar-refractivity contribution in [2.24, 2.45) is 0 Å². The van der Waals surface area contributed by atoms with Crippen molar-refractivity contribution in [1.82, 2.24) is 10.2 Å². The maximum absolute atomic E-state index is 12.4. The molecule has 0 aliphatic carbocycles. The number of hydrogen-bond donors (Lipinski definition) is 2. The highest BCUT2D eigenvalue weighted by Crippen LogP contribution is 2.19. The fourth-order valence-electron chi connectivity index (χ4n) is 3.47. The second kappa shape index (κ2) is 9.57. The van der Waals surface area contributed by atoms with Gasteiger partial charge in [-0.3, -0.25) is 4.79 Å². The van der Waals surface area contributed by atoms with Crippen LogP contribution < -0.4 is 5.32 Å². The molecule has 0 aromatic heterocycles. The Hall–Kier alpha value is -1.08. The Bertz CT molecular complexity index is 538. The molecular formula is C19H28N2O3S. The van der Waals surface area contributed by atoms with Gasteiger partial charge in [0.1, 0.15) is 0 Å². The Kier molecular flexibility index (Phi) is 7.16. The first-order valence-electron chi connectivity index (χ1n) is 9.23. The molecule has 0 spiro atoms. The summed E-state index contributed by atoms with van der Waals surface area (Å²) < 4.78 is 5.71. The van der Waals surface area contributed by atoms with E-state index >= 15 is 0 Å². The van der Waals surface area contributed by atoms with E-state index in [0.29, 0.717) is 17.4 Å². The maximum Gasteiger partial charge on any atom is 0.251 e. The van der Waals surface area contributed by atoms with Gasteiger partial charge in [-0.1, -0.05) is 0 Å². The van der Waals surface area contributed by atoms with Crippen molar-refractivity contribution < 1.29 is 14.6 Å². The van der Waals surface area contributed by atoms with Crippen LogP contribution in [0, 0.1) is 0 Å². The number of aliphatic hydroxyl groups excluding tert-OH is 1. The summed E-state index contributed by atoms with van der Waals surface area (Å²) in [4.78, 5) is 15.9.